The van der Waals surface area contributed by atoms with Crippen LogP contribution < -0.4 is 5.32 Å². The standard InChI is InChI=1S/C20H25FN4O.ClH/c21-17-5-3-15(4-6-17)12-16-7-10-24(14-16)20(26)19-8-11-25(23-19)18-2-1-9-22-13-18;/h3-6,8,11,16,18,22H,1-2,7,9-10,12-14H2;1H. The molecule has 7 heteroatoms. The van der Waals surface area contributed by atoms with Crippen molar-refractivity contribution in [3.8, 4) is 0 Å². The van der Waals surface area contributed by atoms with Crippen LogP contribution in [0.5, 0.6) is 0 Å². The minimum atomic E-state index is -0.208. The van der Waals surface area contributed by atoms with Gasteiger partial charge in [-0.05, 0) is 61.9 Å². The number of aromatic nitrogens is 2. The van der Waals surface area contributed by atoms with Gasteiger partial charge in [-0.1, -0.05) is 12.1 Å². The maximum atomic E-state index is 13.0. The molecule has 3 heterocycles. The Kier molecular flexibility index (Phi) is 6.50. The van der Waals surface area contributed by atoms with E-state index in [1.807, 2.05) is 34.0 Å². The first kappa shape index (κ1) is 19.8. The molecule has 0 spiro atoms. The van der Waals surface area contributed by atoms with Gasteiger partial charge < -0.3 is 10.2 Å². The minimum Gasteiger partial charge on any atom is -0.337 e. The Morgan fingerprint density at radius 3 is 2.78 bits per heavy atom. The molecule has 2 saturated heterocycles. The van der Waals surface area contributed by atoms with Crippen LogP contribution in [0, 0.1) is 11.7 Å². The highest BCUT2D eigenvalue weighted by Gasteiger charge is 2.28. The van der Waals surface area contributed by atoms with Gasteiger partial charge in [0.15, 0.2) is 0 Å². The highest BCUT2D eigenvalue weighted by molar-refractivity contribution is 5.92. The van der Waals surface area contributed by atoms with Gasteiger partial charge in [-0.3, -0.25) is 9.48 Å². The molecule has 1 amide bonds. The predicted octanol–water partition coefficient (Wildman–Crippen LogP) is 3.07. The highest BCUT2D eigenvalue weighted by Crippen LogP contribution is 2.23. The van der Waals surface area contributed by atoms with Gasteiger partial charge in [-0.15, -0.1) is 12.4 Å². The van der Waals surface area contributed by atoms with Gasteiger partial charge in [0, 0.05) is 25.8 Å². The molecular weight excluding hydrogens is 367 g/mol. The number of hydrogen-bond acceptors (Lipinski definition) is 3. The zero-order valence-electron chi connectivity index (χ0n) is 15.3. The Labute approximate surface area is 165 Å². The second-order valence-electron chi connectivity index (χ2n) is 7.42. The summed E-state index contributed by atoms with van der Waals surface area (Å²) in [6.45, 7) is 3.49. The molecule has 4 rings (SSSR count). The number of nitrogens with one attached hydrogen (secondary N) is 1. The first-order valence-electron chi connectivity index (χ1n) is 9.48. The Morgan fingerprint density at radius 2 is 2.04 bits per heavy atom. The van der Waals surface area contributed by atoms with Gasteiger partial charge in [-0.25, -0.2) is 4.39 Å². The zero-order valence-corrected chi connectivity index (χ0v) is 16.1. The molecule has 2 aromatic rings. The van der Waals surface area contributed by atoms with Gasteiger partial charge in [0.1, 0.15) is 11.5 Å². The fourth-order valence-electron chi connectivity index (χ4n) is 4.01. The molecule has 1 aromatic heterocycles. The second-order valence-corrected chi connectivity index (χ2v) is 7.42. The summed E-state index contributed by atoms with van der Waals surface area (Å²) in [6, 6.07) is 8.85. The van der Waals surface area contributed by atoms with E-state index in [1.54, 1.807) is 0 Å². The highest BCUT2D eigenvalue weighted by atomic mass is 35.5. The summed E-state index contributed by atoms with van der Waals surface area (Å²) < 4.78 is 15.0. The molecule has 146 valence electrons. The summed E-state index contributed by atoms with van der Waals surface area (Å²) in [5, 5.41) is 7.92. The number of piperidine rings is 1. The van der Waals surface area contributed by atoms with Crippen molar-refractivity contribution in [2.45, 2.75) is 31.7 Å². The third kappa shape index (κ3) is 4.68. The number of hydrogen-bond donors (Lipinski definition) is 1. The first-order valence-corrected chi connectivity index (χ1v) is 9.48. The smallest absolute Gasteiger partial charge is 0.274 e. The first-order chi connectivity index (χ1) is 12.7. The van der Waals surface area contributed by atoms with Crippen molar-refractivity contribution in [3.63, 3.8) is 0 Å². The maximum Gasteiger partial charge on any atom is 0.274 e. The van der Waals surface area contributed by atoms with Crippen LogP contribution in [-0.4, -0.2) is 46.8 Å². The van der Waals surface area contributed by atoms with Gasteiger partial charge in [-0.2, -0.15) is 5.10 Å². The van der Waals surface area contributed by atoms with E-state index in [4.69, 9.17) is 0 Å². The van der Waals surface area contributed by atoms with Crippen molar-refractivity contribution < 1.29 is 9.18 Å². The third-order valence-corrected chi connectivity index (χ3v) is 5.48. The van der Waals surface area contributed by atoms with Crippen LogP contribution in [0.15, 0.2) is 36.5 Å². The molecule has 5 nitrogen and oxygen atoms in total. The van der Waals surface area contributed by atoms with E-state index in [2.05, 4.69) is 10.4 Å². The van der Waals surface area contributed by atoms with Crippen LogP contribution in [0.1, 0.15) is 41.4 Å². The molecule has 1 N–H and O–H groups in total. The molecule has 2 aliphatic rings. The van der Waals surface area contributed by atoms with E-state index in [0.717, 1.165) is 57.4 Å². The monoisotopic (exact) mass is 392 g/mol. The molecule has 0 saturated carbocycles. The molecule has 2 aliphatic heterocycles. The van der Waals surface area contributed by atoms with Crippen LogP contribution in [0.4, 0.5) is 4.39 Å². The summed E-state index contributed by atoms with van der Waals surface area (Å²) in [4.78, 5) is 14.7. The van der Waals surface area contributed by atoms with Crippen LogP contribution >= 0.6 is 12.4 Å². The summed E-state index contributed by atoms with van der Waals surface area (Å²) in [5.74, 6) is 0.240. The van der Waals surface area contributed by atoms with E-state index >= 15 is 0 Å². The number of nitrogens with zero attached hydrogens (tertiary/aromatic N) is 3. The lowest BCUT2D eigenvalue weighted by Gasteiger charge is -2.23. The van der Waals surface area contributed by atoms with E-state index < -0.39 is 0 Å². The average Bonchev–Trinajstić information content (AvgIpc) is 3.34. The molecule has 0 bridgehead atoms. The minimum absolute atomic E-state index is 0. The lowest BCUT2D eigenvalue weighted by molar-refractivity contribution is 0.0779. The Balaban J connectivity index is 0.00000210. The average molecular weight is 393 g/mol. The van der Waals surface area contributed by atoms with Crippen LogP contribution in [0.25, 0.3) is 0 Å². The number of carbonyl (C=O) groups excluding carboxylic acids is 1. The lowest BCUT2D eigenvalue weighted by atomic mass is 9.99. The molecule has 1 aromatic carbocycles. The van der Waals surface area contributed by atoms with Crippen molar-refractivity contribution in [3.05, 3.63) is 53.6 Å². The van der Waals surface area contributed by atoms with E-state index in [-0.39, 0.29) is 24.1 Å². The molecule has 0 radical (unpaired) electrons. The largest absolute Gasteiger partial charge is 0.337 e. The van der Waals surface area contributed by atoms with Crippen molar-refractivity contribution in [2.75, 3.05) is 26.2 Å². The zero-order chi connectivity index (χ0) is 17.9. The van der Waals surface area contributed by atoms with Crippen molar-refractivity contribution >= 4 is 18.3 Å². The summed E-state index contributed by atoms with van der Waals surface area (Å²) in [6.07, 6.45) is 6.04. The summed E-state index contributed by atoms with van der Waals surface area (Å²) in [7, 11) is 0. The van der Waals surface area contributed by atoms with Gasteiger partial charge >= 0.3 is 0 Å². The number of carbonyl (C=O) groups is 1. The topological polar surface area (TPSA) is 50.2 Å². The van der Waals surface area contributed by atoms with Crippen molar-refractivity contribution in [1.29, 1.82) is 0 Å². The van der Waals surface area contributed by atoms with Crippen molar-refractivity contribution in [2.24, 2.45) is 5.92 Å². The van der Waals surface area contributed by atoms with Gasteiger partial charge in [0.05, 0.1) is 6.04 Å². The molecule has 2 unspecified atom stereocenters. The molecule has 0 aliphatic carbocycles. The normalized spacial score (nSPS) is 22.5. The van der Waals surface area contributed by atoms with E-state index in [1.165, 1.54) is 12.1 Å². The molecular formula is C20H26ClFN4O. The molecule has 27 heavy (non-hydrogen) atoms. The Morgan fingerprint density at radius 1 is 1.22 bits per heavy atom. The van der Waals surface area contributed by atoms with Crippen LogP contribution in [0.2, 0.25) is 0 Å². The van der Waals surface area contributed by atoms with E-state index in [0.29, 0.717) is 17.7 Å². The predicted molar refractivity (Wildman–Crippen MR) is 105 cm³/mol. The Hall–Kier alpha value is -1.92. The van der Waals surface area contributed by atoms with Crippen LogP contribution in [-0.2, 0) is 6.42 Å². The number of amides is 1. The van der Waals surface area contributed by atoms with Crippen LogP contribution in [0.3, 0.4) is 0 Å². The number of halogens is 2. The summed E-state index contributed by atoms with van der Waals surface area (Å²) in [5.41, 5.74) is 1.66. The lowest BCUT2D eigenvalue weighted by Crippen LogP contribution is -2.32. The molecule has 2 fully saturated rings. The number of likely N-dealkylation sites (tertiary alicyclic amines) is 1. The fourth-order valence-corrected chi connectivity index (χ4v) is 4.01. The van der Waals surface area contributed by atoms with Gasteiger partial charge in [0.2, 0.25) is 0 Å². The molecule has 2 atom stereocenters. The number of rotatable bonds is 4. The number of benzene rings is 1. The maximum absolute atomic E-state index is 13.0. The summed E-state index contributed by atoms with van der Waals surface area (Å²) >= 11 is 0. The SMILES string of the molecule is Cl.O=C(c1ccn(C2CCCNC2)n1)N1CCC(Cc2ccc(F)cc2)C1. The fraction of sp³-hybridized carbons (Fsp3) is 0.500. The second kappa shape index (κ2) is 8.85. The van der Waals surface area contributed by atoms with E-state index in [9.17, 15) is 9.18 Å². The quantitative estimate of drug-likeness (QED) is 0.869. The van der Waals surface area contributed by atoms with Crippen molar-refractivity contribution in [1.82, 2.24) is 20.0 Å². The third-order valence-electron chi connectivity index (χ3n) is 5.48. The van der Waals surface area contributed by atoms with Gasteiger partial charge in [0.25, 0.3) is 5.91 Å². The Bertz CT molecular complexity index is 758.